The van der Waals surface area contributed by atoms with E-state index in [1.54, 1.807) is 77.0 Å². The summed E-state index contributed by atoms with van der Waals surface area (Å²) >= 11 is 0. The van der Waals surface area contributed by atoms with Gasteiger partial charge < -0.3 is 108 Å². The summed E-state index contributed by atoms with van der Waals surface area (Å²) in [7, 11) is -17.0. The van der Waals surface area contributed by atoms with Gasteiger partial charge in [0.1, 0.15) is 12.2 Å². The van der Waals surface area contributed by atoms with Crippen molar-refractivity contribution < 1.29 is 159 Å². The first kappa shape index (κ1) is 138. The number of aryl methyl sites for hydroxylation is 4. The lowest BCUT2D eigenvalue weighted by molar-refractivity contribution is -0.0764. The molecule has 0 aliphatic heterocycles. The predicted molar refractivity (Wildman–Crippen MR) is 587 cm³/mol. The zero-order valence-corrected chi connectivity index (χ0v) is 99.7. The molecule has 0 spiro atoms. The van der Waals surface area contributed by atoms with Crippen LogP contribution in [-0.2, 0) is 166 Å². The quantitative estimate of drug-likeness (QED) is 0.0225. The maximum absolute atomic E-state index is 12.7. The van der Waals surface area contributed by atoms with Gasteiger partial charge in [0.05, 0.1) is 221 Å². The Kier molecular flexibility index (Phi) is 79.9. The number of rotatable bonds is 108. The number of methoxy groups -OCH3 is 4. The number of hydrogen-bond donors (Lipinski definition) is 0. The van der Waals surface area contributed by atoms with Gasteiger partial charge in [-0.15, -0.1) is 0 Å². The van der Waals surface area contributed by atoms with E-state index in [1.165, 1.54) is 60.6 Å². The molecule has 0 fully saturated rings. The van der Waals surface area contributed by atoms with Crippen LogP contribution in [0.1, 0.15) is 125 Å². The SMILES string of the molecule is COCCOCCC[Si](C)(CCCOCCOC)CCCOCC(COCCOCCOCC(COCCC[Si](C)(CCCOCCOCCOS(=O)(=O)c1ccc(C)cc1)OCCCCCOCCOS(=O)(=O)c1ccc(C)cc1)OCCC[Si](C)(CCCOCCOCCOS(=O)(=O)c1ccc(C)cc1)OCCCCCOCCOS(=O)(=O)c1ccc(C)cc1)OCCC[Si](C)(CCCOCCOC)CCCOCCOC. The first-order valence-corrected chi connectivity index (χ1v) is 71.4. The molecule has 0 amide bonds. The highest BCUT2D eigenvalue weighted by Crippen LogP contribution is 2.31. The number of benzene rings is 4. The third kappa shape index (κ3) is 71.5. The molecule has 0 aliphatic rings. The second kappa shape index (κ2) is 86.4. The molecule has 0 saturated heterocycles. The average molecular weight is 2270 g/mol. The number of unbranched alkanes of at least 4 members (excludes halogenated alkanes) is 4. The standard InChI is InChI=1S/C106H190O35S4Si4/c1-97-29-37-103(38-30-97)142(107,108)136-79-75-119-45-15-13-17-57-140-148(11,89-24-51-125-67-69-128-77-81-138-144(111,112)105-41-33-99(3)34-42-105)91-26-54-131-94-102(135-56-28-92-149(12,90-25-52-126-68-70-129-78-82-139-145(113,114)106-43-35-100(4)36-44-106)141-58-18-14-16-46-120-76-80-137-143(109,110)104-39-31-98(2)32-40-104)96-133-74-72-127-71-73-132-95-101(134-55-27-88-147(10,85-21-49-123-65-61-117-7)86-22-50-124-66-62-118-8)93-130-53-23-87-146(9,83-19-47-121-63-59-115-5)84-20-48-122-64-60-116-6/h29-44,101-102H,13-28,45-96H2,1-12H3. The van der Waals surface area contributed by atoms with E-state index in [0.717, 1.165) is 180 Å². The lowest BCUT2D eigenvalue weighted by atomic mass is 10.2. The minimum atomic E-state index is -3.92. The molecule has 0 bridgehead atoms. The summed E-state index contributed by atoms with van der Waals surface area (Å²) in [6.07, 6.45) is 13.0. The van der Waals surface area contributed by atoms with Gasteiger partial charge in [0.2, 0.25) is 0 Å². The number of hydrogen-bond acceptors (Lipinski definition) is 35. The molecule has 4 rings (SSSR count). The molecule has 43 heteroatoms. The highest BCUT2D eigenvalue weighted by atomic mass is 32.2. The van der Waals surface area contributed by atoms with Crippen LogP contribution in [0.15, 0.2) is 117 Å². The third-order valence-corrected chi connectivity index (χ3v) is 47.2. The summed E-state index contributed by atoms with van der Waals surface area (Å²) in [4.78, 5) is 0.379. The topological polar surface area (TPSA) is 386 Å². The molecule has 0 radical (unpaired) electrons. The molecular formula is C106H190O35S4Si4. The van der Waals surface area contributed by atoms with Crippen LogP contribution >= 0.6 is 0 Å². The fraction of sp³-hybridized carbons (Fsp3) is 0.774. The molecule has 0 aromatic heterocycles. The highest BCUT2D eigenvalue weighted by Gasteiger charge is 2.33. The summed E-state index contributed by atoms with van der Waals surface area (Å²) in [6, 6.07) is 36.2. The van der Waals surface area contributed by atoms with Crippen LogP contribution in [0, 0.1) is 27.7 Å². The van der Waals surface area contributed by atoms with Crippen molar-refractivity contribution in [2.24, 2.45) is 0 Å². The Balaban J connectivity index is 1.46. The molecule has 0 aliphatic carbocycles. The Morgan fingerprint density at radius 3 is 0.611 bits per heavy atom. The van der Waals surface area contributed by atoms with Crippen LogP contribution in [0.25, 0.3) is 0 Å². The maximum Gasteiger partial charge on any atom is 0.297 e. The minimum absolute atomic E-state index is 0.0751. The normalized spacial score (nSPS) is 13.8. The summed E-state index contributed by atoms with van der Waals surface area (Å²) < 4.78 is 261. The van der Waals surface area contributed by atoms with Gasteiger partial charge in [-0.3, -0.25) is 16.7 Å². The van der Waals surface area contributed by atoms with Crippen molar-refractivity contribution in [1.29, 1.82) is 0 Å². The van der Waals surface area contributed by atoms with Gasteiger partial charge >= 0.3 is 0 Å². The zero-order valence-electron chi connectivity index (χ0n) is 92.4. The minimum Gasteiger partial charge on any atom is -0.417 e. The van der Waals surface area contributed by atoms with Gasteiger partial charge in [0.25, 0.3) is 40.5 Å². The van der Waals surface area contributed by atoms with Gasteiger partial charge in [0, 0.05) is 121 Å². The van der Waals surface area contributed by atoms with E-state index in [2.05, 4.69) is 26.2 Å². The van der Waals surface area contributed by atoms with Crippen molar-refractivity contribution in [2.45, 2.75) is 249 Å². The van der Waals surface area contributed by atoms with Gasteiger partial charge in [-0.25, -0.2) is 0 Å². The van der Waals surface area contributed by atoms with E-state index in [9.17, 15) is 33.7 Å². The molecule has 864 valence electrons. The van der Waals surface area contributed by atoms with Crippen molar-refractivity contribution in [3.63, 3.8) is 0 Å². The Morgan fingerprint density at radius 1 is 0.195 bits per heavy atom. The summed E-state index contributed by atoms with van der Waals surface area (Å²) in [5.41, 5.74) is 3.77. The molecule has 4 aromatic rings. The van der Waals surface area contributed by atoms with Crippen LogP contribution < -0.4 is 0 Å². The van der Waals surface area contributed by atoms with Crippen LogP contribution in [0.5, 0.6) is 0 Å². The van der Waals surface area contributed by atoms with E-state index < -0.39 is 79.4 Å². The van der Waals surface area contributed by atoms with Crippen LogP contribution in [0.4, 0.5) is 0 Å². The average Bonchev–Trinajstić information content (AvgIpc) is 0.852. The first-order valence-electron chi connectivity index (χ1n) is 53.9. The molecule has 0 heterocycles. The Morgan fingerprint density at radius 2 is 0.369 bits per heavy atom. The molecular weight excluding hydrogens is 2070 g/mol. The molecule has 0 N–H and O–H groups in total. The first-order chi connectivity index (χ1) is 71.9. The monoisotopic (exact) mass is 2260 g/mol. The van der Waals surface area contributed by atoms with Crippen molar-refractivity contribution in [2.75, 3.05) is 306 Å². The van der Waals surface area contributed by atoms with Crippen LogP contribution in [0.3, 0.4) is 0 Å². The third-order valence-electron chi connectivity index (χ3n) is 25.1. The van der Waals surface area contributed by atoms with E-state index in [-0.39, 0.29) is 105 Å². The molecule has 0 saturated carbocycles. The molecule has 4 atom stereocenters. The second-order valence-corrected chi connectivity index (χ2v) is 63.8. The van der Waals surface area contributed by atoms with Crippen molar-refractivity contribution >= 4 is 73.3 Å². The summed E-state index contributed by atoms with van der Waals surface area (Å²) in [5.74, 6) is 0. The fourth-order valence-corrected chi connectivity index (χ4v) is 33.2. The van der Waals surface area contributed by atoms with E-state index in [4.69, 9.17) is 125 Å². The van der Waals surface area contributed by atoms with Gasteiger partial charge in [-0.1, -0.05) is 120 Å². The largest absolute Gasteiger partial charge is 0.417 e. The zero-order chi connectivity index (χ0) is 108. The van der Waals surface area contributed by atoms with Gasteiger partial charge in [-0.05, 0) is 216 Å². The van der Waals surface area contributed by atoms with Gasteiger partial charge in [0.15, 0.2) is 16.6 Å². The molecule has 149 heavy (non-hydrogen) atoms. The fourth-order valence-electron chi connectivity index (χ4n) is 16.2. The molecule has 4 aromatic carbocycles. The lowest BCUT2D eigenvalue weighted by Gasteiger charge is -2.28. The number of ether oxygens (including phenoxy) is 21. The van der Waals surface area contributed by atoms with Crippen LogP contribution in [0.2, 0.25) is 86.6 Å². The van der Waals surface area contributed by atoms with E-state index >= 15 is 0 Å². The lowest BCUT2D eigenvalue weighted by Crippen LogP contribution is -2.36. The summed E-state index contributed by atoms with van der Waals surface area (Å²) in [6.45, 7) is 33.4. The molecule has 35 nitrogen and oxygen atoms in total. The highest BCUT2D eigenvalue weighted by molar-refractivity contribution is 7.87. The van der Waals surface area contributed by atoms with E-state index in [0.29, 0.717) is 191 Å². The van der Waals surface area contributed by atoms with Crippen molar-refractivity contribution in [3.8, 4) is 0 Å². The van der Waals surface area contributed by atoms with E-state index in [1.807, 2.05) is 27.7 Å². The smallest absolute Gasteiger partial charge is 0.297 e. The maximum atomic E-state index is 12.7. The van der Waals surface area contributed by atoms with Crippen molar-refractivity contribution in [3.05, 3.63) is 119 Å². The summed E-state index contributed by atoms with van der Waals surface area (Å²) in [5, 5.41) is 0. The predicted octanol–water partition coefficient (Wildman–Crippen LogP) is 17.0. The molecule has 4 unspecified atom stereocenters. The van der Waals surface area contributed by atoms with Crippen LogP contribution in [-0.4, -0.2) is 385 Å². The Bertz CT molecular complexity index is 4100. The Hall–Kier alpha value is -3.53. The second-order valence-electron chi connectivity index (χ2n) is 38.7. The van der Waals surface area contributed by atoms with Gasteiger partial charge in [-0.2, -0.15) is 33.7 Å². The Labute approximate surface area is 900 Å². The van der Waals surface area contributed by atoms with Crippen molar-refractivity contribution in [1.82, 2.24) is 0 Å².